The molecule has 12 heteroatoms. The van der Waals surface area contributed by atoms with E-state index in [0.717, 1.165) is 6.07 Å². The van der Waals surface area contributed by atoms with Crippen molar-refractivity contribution in [2.24, 2.45) is 0 Å². The van der Waals surface area contributed by atoms with Gasteiger partial charge in [-0.1, -0.05) is 6.07 Å². The van der Waals surface area contributed by atoms with Crippen LogP contribution in [0.2, 0.25) is 0 Å². The van der Waals surface area contributed by atoms with Crippen molar-refractivity contribution < 1.29 is 59.9 Å². The highest BCUT2D eigenvalue weighted by atomic mass is 16.7. The number of aliphatic hydroxyl groups is 4. The average molecular weight is 466 g/mol. The number of rotatable bonds is 4. The first kappa shape index (κ1) is 22.9. The molecule has 8 N–H and O–H groups in total. The summed E-state index contributed by atoms with van der Waals surface area (Å²) in [5.74, 6) is -3.62. The van der Waals surface area contributed by atoms with E-state index in [4.69, 9.17) is 14.2 Å². The van der Waals surface area contributed by atoms with Crippen molar-refractivity contribution in [1.82, 2.24) is 0 Å². The quantitative estimate of drug-likeness (QED) is 0.210. The van der Waals surface area contributed by atoms with Crippen molar-refractivity contribution in [3.8, 4) is 34.5 Å². The Morgan fingerprint density at radius 1 is 0.939 bits per heavy atom. The van der Waals surface area contributed by atoms with E-state index < -0.39 is 77.9 Å². The predicted molar refractivity (Wildman–Crippen MR) is 106 cm³/mol. The summed E-state index contributed by atoms with van der Waals surface area (Å²) in [7, 11) is 0. The van der Waals surface area contributed by atoms with Crippen molar-refractivity contribution >= 4 is 5.78 Å². The lowest BCUT2D eigenvalue weighted by molar-refractivity contribution is -0.277. The lowest BCUT2D eigenvalue weighted by Crippen LogP contribution is -2.60. The minimum atomic E-state index is -1.78. The van der Waals surface area contributed by atoms with Gasteiger partial charge >= 0.3 is 0 Å². The average Bonchev–Trinajstić information content (AvgIpc) is 2.78. The molecule has 12 nitrogen and oxygen atoms in total. The van der Waals surface area contributed by atoms with Crippen LogP contribution in [0.25, 0.3) is 0 Å². The molecule has 2 aliphatic heterocycles. The number of carbonyl (C=O) groups is 1. The van der Waals surface area contributed by atoms with E-state index in [1.54, 1.807) is 0 Å². The Labute approximate surface area is 186 Å². The van der Waals surface area contributed by atoms with Gasteiger partial charge < -0.3 is 55.1 Å². The molecule has 33 heavy (non-hydrogen) atoms. The van der Waals surface area contributed by atoms with Crippen LogP contribution in [0.3, 0.4) is 0 Å². The number of aromatic hydroxyl groups is 4. The van der Waals surface area contributed by atoms with Gasteiger partial charge in [-0.25, -0.2) is 0 Å². The Hall–Kier alpha value is -3.29. The molecule has 2 heterocycles. The van der Waals surface area contributed by atoms with Crippen LogP contribution in [0.5, 0.6) is 34.5 Å². The van der Waals surface area contributed by atoms with Crippen LogP contribution in [0.15, 0.2) is 24.3 Å². The van der Waals surface area contributed by atoms with Crippen molar-refractivity contribution in [2.45, 2.75) is 43.2 Å². The monoisotopic (exact) mass is 466 g/mol. The van der Waals surface area contributed by atoms with Crippen molar-refractivity contribution in [3.05, 3.63) is 35.4 Å². The molecule has 4 rings (SSSR count). The number of hydrogen-bond acceptors (Lipinski definition) is 12. The highest BCUT2D eigenvalue weighted by Crippen LogP contribution is 2.50. The maximum absolute atomic E-state index is 12.7. The maximum Gasteiger partial charge on any atom is 0.229 e. The standard InChI is InChI=1S/C21H22O12/c22-6-14-16(27)18(29)19(30)21(33-14)32-13-5-11(26)15-10(25)4-12(31-20(15)17(13)28)7-1-2-8(23)9(24)3-7/h1-3,5,12,14,16,18-19,21-24,26-30H,4,6H2/t12-,14+,16+,18-,19+,21+/m0/s1. The lowest BCUT2D eigenvalue weighted by atomic mass is 9.94. The molecule has 0 saturated carbocycles. The van der Waals surface area contributed by atoms with E-state index in [9.17, 15) is 45.6 Å². The number of ether oxygens (including phenoxy) is 3. The van der Waals surface area contributed by atoms with Crippen molar-refractivity contribution in [1.29, 1.82) is 0 Å². The summed E-state index contributed by atoms with van der Waals surface area (Å²) >= 11 is 0. The van der Waals surface area contributed by atoms with Gasteiger partial charge in [-0.05, 0) is 17.7 Å². The van der Waals surface area contributed by atoms with Gasteiger partial charge in [0.2, 0.25) is 12.0 Å². The number of phenols is 4. The van der Waals surface area contributed by atoms with Crippen molar-refractivity contribution in [3.63, 3.8) is 0 Å². The Kier molecular flexibility index (Phi) is 5.95. The second-order valence-electron chi connectivity index (χ2n) is 7.74. The molecule has 0 radical (unpaired) electrons. The van der Waals surface area contributed by atoms with E-state index in [1.807, 2.05) is 0 Å². The number of aliphatic hydroxyl groups excluding tert-OH is 4. The summed E-state index contributed by atoms with van der Waals surface area (Å²) in [6.45, 7) is -0.703. The van der Waals surface area contributed by atoms with Crippen LogP contribution in [-0.2, 0) is 4.74 Å². The van der Waals surface area contributed by atoms with Crippen LogP contribution in [0.1, 0.15) is 28.4 Å². The van der Waals surface area contributed by atoms with Gasteiger partial charge in [0.1, 0.15) is 41.8 Å². The van der Waals surface area contributed by atoms with Gasteiger partial charge in [-0.15, -0.1) is 0 Å². The van der Waals surface area contributed by atoms with E-state index in [-0.39, 0.29) is 17.7 Å². The fourth-order valence-corrected chi connectivity index (χ4v) is 3.76. The molecule has 6 atom stereocenters. The minimum absolute atomic E-state index is 0.239. The largest absolute Gasteiger partial charge is 0.507 e. The van der Waals surface area contributed by atoms with Crippen LogP contribution in [0, 0.1) is 0 Å². The summed E-state index contributed by atoms with van der Waals surface area (Å²) < 4.78 is 16.3. The number of ketones is 1. The molecule has 0 aromatic heterocycles. The Bertz CT molecular complexity index is 1070. The number of benzene rings is 2. The van der Waals surface area contributed by atoms with Crippen LogP contribution in [-0.4, -0.2) is 83.9 Å². The maximum atomic E-state index is 12.7. The first-order valence-corrected chi connectivity index (χ1v) is 9.90. The fourth-order valence-electron chi connectivity index (χ4n) is 3.76. The van der Waals surface area contributed by atoms with Crippen LogP contribution >= 0.6 is 0 Å². The molecule has 0 spiro atoms. The fraction of sp³-hybridized carbons (Fsp3) is 0.381. The van der Waals surface area contributed by atoms with Crippen LogP contribution < -0.4 is 9.47 Å². The van der Waals surface area contributed by atoms with Gasteiger partial charge in [0.25, 0.3) is 0 Å². The normalized spacial score (nSPS) is 29.3. The SMILES string of the molecule is O=C1C[C@@H](c2ccc(O)c(O)c2)Oc2c(O)c(O[C@@H]3O[C@H](CO)[C@@H](O)[C@H](O)[C@H]3O)cc(O)c21. The zero-order chi connectivity index (χ0) is 24.0. The number of fused-ring (bicyclic) bond motifs is 1. The summed E-state index contributed by atoms with van der Waals surface area (Å²) in [5.41, 5.74) is -0.00338. The zero-order valence-corrected chi connectivity index (χ0v) is 16.9. The third kappa shape index (κ3) is 3.98. The van der Waals surface area contributed by atoms with Gasteiger partial charge in [0.05, 0.1) is 13.0 Å². The summed E-state index contributed by atoms with van der Waals surface area (Å²) in [6, 6.07) is 4.68. The van der Waals surface area contributed by atoms with Gasteiger partial charge in [-0.2, -0.15) is 0 Å². The smallest absolute Gasteiger partial charge is 0.229 e. The first-order valence-electron chi connectivity index (χ1n) is 9.90. The van der Waals surface area contributed by atoms with E-state index in [2.05, 4.69) is 0 Å². The third-order valence-electron chi connectivity index (χ3n) is 5.57. The lowest BCUT2D eigenvalue weighted by Gasteiger charge is -2.39. The van der Waals surface area contributed by atoms with E-state index in [0.29, 0.717) is 5.56 Å². The molecule has 0 aliphatic carbocycles. The zero-order valence-electron chi connectivity index (χ0n) is 16.9. The van der Waals surface area contributed by atoms with Crippen LogP contribution in [0.4, 0.5) is 0 Å². The van der Waals surface area contributed by atoms with Crippen molar-refractivity contribution in [2.75, 3.05) is 6.61 Å². The first-order chi connectivity index (χ1) is 15.6. The Balaban J connectivity index is 1.66. The molecule has 178 valence electrons. The molecule has 1 saturated heterocycles. The molecular formula is C21H22O12. The molecule has 2 aromatic rings. The number of phenolic OH excluding ortho intramolecular Hbond substituents is 4. The summed E-state index contributed by atoms with van der Waals surface area (Å²) in [5, 5.41) is 79.5. The topological polar surface area (TPSA) is 207 Å². The van der Waals surface area contributed by atoms with Gasteiger partial charge in [0.15, 0.2) is 28.8 Å². The Morgan fingerprint density at radius 3 is 2.33 bits per heavy atom. The predicted octanol–water partition coefficient (Wildman–Crippen LogP) is -0.606. The highest BCUT2D eigenvalue weighted by molar-refractivity contribution is 6.03. The number of Topliss-reactive ketones (excluding diaryl/α,β-unsaturated/α-hetero) is 1. The van der Waals surface area contributed by atoms with Gasteiger partial charge in [-0.3, -0.25) is 4.79 Å². The van der Waals surface area contributed by atoms with E-state index >= 15 is 0 Å². The minimum Gasteiger partial charge on any atom is -0.507 e. The number of carbonyl (C=O) groups excluding carboxylic acids is 1. The molecule has 0 unspecified atom stereocenters. The Morgan fingerprint density at radius 2 is 1.67 bits per heavy atom. The number of hydrogen-bond donors (Lipinski definition) is 8. The molecule has 0 bridgehead atoms. The molecule has 1 fully saturated rings. The molecular weight excluding hydrogens is 444 g/mol. The molecule has 0 amide bonds. The van der Waals surface area contributed by atoms with Gasteiger partial charge in [0, 0.05) is 6.07 Å². The van der Waals surface area contributed by atoms with E-state index in [1.165, 1.54) is 18.2 Å². The second kappa shape index (κ2) is 8.57. The third-order valence-corrected chi connectivity index (χ3v) is 5.57. The molecule has 2 aromatic carbocycles. The second-order valence-corrected chi connectivity index (χ2v) is 7.74. The molecule has 2 aliphatic rings. The highest BCUT2D eigenvalue weighted by Gasteiger charge is 2.45. The summed E-state index contributed by atoms with van der Waals surface area (Å²) in [6.07, 6.45) is -9.30. The summed E-state index contributed by atoms with van der Waals surface area (Å²) in [4.78, 5) is 12.7.